The van der Waals surface area contributed by atoms with E-state index in [1.165, 1.54) is 5.56 Å². The van der Waals surface area contributed by atoms with Crippen molar-refractivity contribution >= 4 is 5.91 Å². The number of fused-ring (bicyclic) bond motifs is 2. The monoisotopic (exact) mass is 379 g/mol. The fourth-order valence-electron chi connectivity index (χ4n) is 4.54. The van der Waals surface area contributed by atoms with Gasteiger partial charge in [0.2, 0.25) is 0 Å². The molecule has 2 aliphatic heterocycles. The van der Waals surface area contributed by atoms with Crippen LogP contribution < -0.4 is 10.3 Å². The van der Waals surface area contributed by atoms with Crippen molar-refractivity contribution in [1.82, 2.24) is 14.7 Å². The third-order valence-corrected chi connectivity index (χ3v) is 6.17. The van der Waals surface area contributed by atoms with E-state index in [9.17, 15) is 9.59 Å². The van der Waals surface area contributed by atoms with E-state index in [2.05, 4.69) is 11.2 Å². The van der Waals surface area contributed by atoms with E-state index in [1.54, 1.807) is 10.7 Å². The molecule has 0 radical (unpaired) electrons. The Kier molecular flexibility index (Phi) is 4.41. The molecule has 1 unspecified atom stereocenters. The normalized spacial score (nSPS) is 21.3. The van der Waals surface area contributed by atoms with Gasteiger partial charge in [-0.15, -0.1) is 0 Å². The lowest BCUT2D eigenvalue weighted by Gasteiger charge is -2.41. The molecule has 3 aliphatic rings. The first-order valence-corrected chi connectivity index (χ1v) is 10.3. The summed E-state index contributed by atoms with van der Waals surface area (Å²) in [6.07, 6.45) is 5.43. The number of aryl methyl sites for hydroxylation is 3. The van der Waals surface area contributed by atoms with Gasteiger partial charge in [-0.2, -0.15) is 5.10 Å². The molecule has 5 rings (SSSR count). The lowest BCUT2D eigenvalue weighted by molar-refractivity contribution is -0.146. The molecule has 1 saturated heterocycles. The van der Waals surface area contributed by atoms with Gasteiger partial charge in [0.15, 0.2) is 6.10 Å². The topological polar surface area (TPSA) is 64.4 Å². The molecular formula is C22H25N3O3. The Morgan fingerprint density at radius 3 is 2.82 bits per heavy atom. The summed E-state index contributed by atoms with van der Waals surface area (Å²) in [5, 5.41) is 4.60. The van der Waals surface area contributed by atoms with Gasteiger partial charge in [-0.1, -0.05) is 18.2 Å². The maximum atomic E-state index is 12.8. The van der Waals surface area contributed by atoms with Gasteiger partial charge in [0, 0.05) is 25.1 Å². The Hall–Kier alpha value is -2.63. The summed E-state index contributed by atoms with van der Waals surface area (Å²) in [5.41, 5.74) is 3.35. The number of hydrogen-bond acceptors (Lipinski definition) is 4. The number of carbonyl (C=O) groups excluding carboxylic acids is 1. The zero-order valence-electron chi connectivity index (χ0n) is 16.0. The first-order valence-electron chi connectivity index (χ1n) is 10.3. The van der Waals surface area contributed by atoms with Crippen LogP contribution in [0.25, 0.3) is 0 Å². The van der Waals surface area contributed by atoms with Crippen LogP contribution in [0.3, 0.4) is 0 Å². The zero-order chi connectivity index (χ0) is 19.1. The minimum atomic E-state index is -0.388. The number of nitrogens with zero attached hydrogens (tertiary/aromatic N) is 3. The Morgan fingerprint density at radius 1 is 1.11 bits per heavy atom. The van der Waals surface area contributed by atoms with Crippen LogP contribution in [0.2, 0.25) is 0 Å². The second kappa shape index (κ2) is 7.08. The third kappa shape index (κ3) is 3.21. The molecule has 0 bridgehead atoms. The zero-order valence-corrected chi connectivity index (χ0v) is 16.0. The Balaban J connectivity index is 1.19. The van der Waals surface area contributed by atoms with Crippen LogP contribution in [-0.4, -0.2) is 39.8 Å². The summed E-state index contributed by atoms with van der Waals surface area (Å²) in [5.74, 6) is 1.18. The number of amides is 1. The SMILES string of the molecule is O=C(C1CCc2ccccc2O1)N1CC(Cn2nc3c(cc2=O)CCCC3)C1. The summed E-state index contributed by atoms with van der Waals surface area (Å²) in [6, 6.07) is 9.69. The smallest absolute Gasteiger partial charge is 0.267 e. The number of carbonyl (C=O) groups is 1. The van der Waals surface area contributed by atoms with Gasteiger partial charge in [-0.25, -0.2) is 4.68 Å². The van der Waals surface area contributed by atoms with Gasteiger partial charge in [0.1, 0.15) is 5.75 Å². The van der Waals surface area contributed by atoms with Crippen LogP contribution in [0.4, 0.5) is 0 Å². The van der Waals surface area contributed by atoms with Crippen molar-refractivity contribution in [1.29, 1.82) is 0 Å². The molecule has 3 heterocycles. The van der Waals surface area contributed by atoms with Crippen LogP contribution in [0.1, 0.15) is 36.1 Å². The van der Waals surface area contributed by atoms with Crippen molar-refractivity contribution in [3.8, 4) is 5.75 Å². The van der Waals surface area contributed by atoms with Gasteiger partial charge in [-0.3, -0.25) is 9.59 Å². The van der Waals surface area contributed by atoms with Crippen molar-refractivity contribution in [2.45, 2.75) is 51.2 Å². The lowest BCUT2D eigenvalue weighted by atomic mass is 9.96. The molecule has 0 N–H and O–H groups in total. The predicted octanol–water partition coefficient (Wildman–Crippen LogP) is 1.97. The highest BCUT2D eigenvalue weighted by molar-refractivity contribution is 5.82. The molecule has 1 fully saturated rings. The van der Waals surface area contributed by atoms with E-state index >= 15 is 0 Å². The largest absolute Gasteiger partial charge is 0.480 e. The molecule has 0 saturated carbocycles. The minimum absolute atomic E-state index is 0.0161. The van der Waals surface area contributed by atoms with Crippen molar-refractivity contribution < 1.29 is 9.53 Å². The molecule has 28 heavy (non-hydrogen) atoms. The summed E-state index contributed by atoms with van der Waals surface area (Å²) in [6.45, 7) is 1.93. The van der Waals surface area contributed by atoms with Gasteiger partial charge < -0.3 is 9.64 Å². The first kappa shape index (κ1) is 17.5. The molecule has 1 aromatic heterocycles. The number of aromatic nitrogens is 2. The van der Waals surface area contributed by atoms with E-state index < -0.39 is 0 Å². The molecular weight excluding hydrogens is 354 g/mol. The number of rotatable bonds is 3. The maximum absolute atomic E-state index is 12.8. The van der Waals surface area contributed by atoms with E-state index in [1.807, 2.05) is 23.1 Å². The van der Waals surface area contributed by atoms with E-state index in [-0.39, 0.29) is 23.5 Å². The van der Waals surface area contributed by atoms with E-state index in [0.29, 0.717) is 19.6 Å². The van der Waals surface area contributed by atoms with Crippen molar-refractivity contribution in [2.75, 3.05) is 13.1 Å². The second-order valence-corrected chi connectivity index (χ2v) is 8.21. The van der Waals surface area contributed by atoms with Gasteiger partial charge in [0.25, 0.3) is 11.5 Å². The average molecular weight is 379 g/mol. The van der Waals surface area contributed by atoms with Gasteiger partial charge >= 0.3 is 0 Å². The third-order valence-electron chi connectivity index (χ3n) is 6.17. The number of likely N-dealkylation sites (tertiary alicyclic amines) is 1. The van der Waals surface area contributed by atoms with Crippen LogP contribution in [-0.2, 0) is 30.6 Å². The number of benzene rings is 1. The van der Waals surface area contributed by atoms with Crippen LogP contribution in [0.15, 0.2) is 35.1 Å². The summed E-state index contributed by atoms with van der Waals surface area (Å²) >= 11 is 0. The Morgan fingerprint density at radius 2 is 1.93 bits per heavy atom. The van der Waals surface area contributed by atoms with Crippen molar-refractivity contribution in [3.63, 3.8) is 0 Å². The van der Waals surface area contributed by atoms with Crippen LogP contribution in [0, 0.1) is 5.92 Å². The fraction of sp³-hybridized carbons (Fsp3) is 0.500. The highest BCUT2D eigenvalue weighted by Crippen LogP contribution is 2.29. The molecule has 1 aliphatic carbocycles. The standard InChI is InChI=1S/C22H25N3O3/c26-21-11-17-6-1-3-7-18(17)23-25(21)14-15-12-24(13-15)22(27)20-10-9-16-5-2-4-8-19(16)28-20/h2,4-5,8,11,15,20H,1,3,6-7,9-10,12-14H2. The highest BCUT2D eigenvalue weighted by atomic mass is 16.5. The minimum Gasteiger partial charge on any atom is -0.480 e. The summed E-state index contributed by atoms with van der Waals surface area (Å²) in [7, 11) is 0. The van der Waals surface area contributed by atoms with E-state index in [4.69, 9.17) is 4.74 Å². The molecule has 1 aromatic carbocycles. The molecule has 146 valence electrons. The number of ether oxygens (including phenoxy) is 1. The predicted molar refractivity (Wildman–Crippen MR) is 104 cm³/mol. The number of para-hydroxylation sites is 1. The first-order chi connectivity index (χ1) is 13.7. The Bertz CT molecular complexity index is 962. The molecule has 6 heteroatoms. The molecule has 6 nitrogen and oxygen atoms in total. The summed E-state index contributed by atoms with van der Waals surface area (Å²) < 4.78 is 7.53. The van der Waals surface area contributed by atoms with Crippen molar-refractivity contribution in [2.24, 2.45) is 5.92 Å². The van der Waals surface area contributed by atoms with Crippen molar-refractivity contribution in [3.05, 3.63) is 57.5 Å². The molecule has 0 spiro atoms. The summed E-state index contributed by atoms with van der Waals surface area (Å²) in [4.78, 5) is 27.0. The van der Waals surface area contributed by atoms with E-state index in [0.717, 1.165) is 55.5 Å². The lowest BCUT2D eigenvalue weighted by Crippen LogP contribution is -2.56. The molecule has 1 atom stereocenters. The second-order valence-electron chi connectivity index (χ2n) is 8.21. The average Bonchev–Trinajstić information content (AvgIpc) is 2.69. The fourth-order valence-corrected chi connectivity index (χ4v) is 4.54. The number of hydrogen-bond donors (Lipinski definition) is 0. The van der Waals surface area contributed by atoms with Gasteiger partial charge in [0.05, 0.1) is 12.2 Å². The molecule has 1 amide bonds. The Labute approximate surface area is 164 Å². The molecule has 2 aromatic rings. The highest BCUT2D eigenvalue weighted by Gasteiger charge is 2.37. The quantitative estimate of drug-likeness (QED) is 0.818. The maximum Gasteiger partial charge on any atom is 0.267 e. The van der Waals surface area contributed by atoms with Crippen LogP contribution >= 0.6 is 0 Å². The van der Waals surface area contributed by atoms with Crippen LogP contribution in [0.5, 0.6) is 5.75 Å². The van der Waals surface area contributed by atoms with Gasteiger partial charge in [-0.05, 0) is 55.7 Å².